The third kappa shape index (κ3) is 2.87. The van der Waals surface area contributed by atoms with Crippen LogP contribution in [0.15, 0.2) is 0 Å². The van der Waals surface area contributed by atoms with Gasteiger partial charge in [0, 0.05) is 26.2 Å². The zero-order chi connectivity index (χ0) is 10.7. The molecule has 0 aromatic carbocycles. The molecular formula is C9H17N5S. The van der Waals surface area contributed by atoms with Gasteiger partial charge >= 0.3 is 0 Å². The quantitative estimate of drug-likeness (QED) is 0.802. The van der Waals surface area contributed by atoms with Crippen LogP contribution < -0.4 is 5.73 Å². The number of anilines is 1. The number of nitrogens with zero attached hydrogens (tertiary/aromatic N) is 4. The minimum Gasteiger partial charge on any atom is -0.374 e. The molecule has 84 valence electrons. The van der Waals surface area contributed by atoms with Gasteiger partial charge in [-0.05, 0) is 6.54 Å². The lowest BCUT2D eigenvalue weighted by Crippen LogP contribution is -2.45. The minimum atomic E-state index is 0.567. The van der Waals surface area contributed by atoms with Gasteiger partial charge in [0.05, 0.1) is 6.54 Å². The van der Waals surface area contributed by atoms with Crippen molar-refractivity contribution in [3.63, 3.8) is 0 Å². The van der Waals surface area contributed by atoms with E-state index in [9.17, 15) is 0 Å². The Labute approximate surface area is 93.9 Å². The molecule has 1 aliphatic rings. The molecule has 0 amide bonds. The molecule has 1 aromatic heterocycles. The predicted octanol–water partition coefficient (Wildman–Crippen LogP) is 0.258. The van der Waals surface area contributed by atoms with Crippen molar-refractivity contribution in [2.45, 2.75) is 13.5 Å². The van der Waals surface area contributed by atoms with Crippen LogP contribution in [0.3, 0.4) is 0 Å². The summed E-state index contributed by atoms with van der Waals surface area (Å²) in [6.45, 7) is 8.81. The van der Waals surface area contributed by atoms with Gasteiger partial charge < -0.3 is 10.6 Å². The Balaban J connectivity index is 1.82. The molecule has 0 atom stereocenters. The molecule has 2 rings (SSSR count). The maximum atomic E-state index is 5.55. The first-order chi connectivity index (χ1) is 7.28. The van der Waals surface area contributed by atoms with Crippen molar-refractivity contribution < 1.29 is 0 Å². The molecule has 1 aliphatic heterocycles. The first-order valence-corrected chi connectivity index (χ1v) is 6.12. The zero-order valence-electron chi connectivity index (χ0n) is 9.02. The van der Waals surface area contributed by atoms with Crippen molar-refractivity contribution in [1.29, 1.82) is 0 Å². The molecule has 2 heterocycles. The first kappa shape index (κ1) is 10.8. The molecule has 0 aliphatic carbocycles. The van der Waals surface area contributed by atoms with Gasteiger partial charge in [0.2, 0.25) is 5.13 Å². The van der Waals surface area contributed by atoms with E-state index in [1.807, 2.05) is 0 Å². The van der Waals surface area contributed by atoms with E-state index in [2.05, 4.69) is 26.9 Å². The maximum Gasteiger partial charge on any atom is 0.203 e. The van der Waals surface area contributed by atoms with E-state index in [1.165, 1.54) is 11.3 Å². The largest absolute Gasteiger partial charge is 0.374 e. The van der Waals surface area contributed by atoms with Gasteiger partial charge in [-0.15, -0.1) is 10.2 Å². The summed E-state index contributed by atoms with van der Waals surface area (Å²) >= 11 is 1.49. The molecule has 0 saturated carbocycles. The van der Waals surface area contributed by atoms with Crippen LogP contribution in [-0.4, -0.2) is 52.7 Å². The fourth-order valence-corrected chi connectivity index (χ4v) is 2.44. The second kappa shape index (κ2) is 4.87. The average Bonchev–Trinajstić information content (AvgIpc) is 2.65. The fourth-order valence-electron chi connectivity index (χ4n) is 1.79. The third-order valence-electron chi connectivity index (χ3n) is 2.75. The topological polar surface area (TPSA) is 58.3 Å². The summed E-state index contributed by atoms with van der Waals surface area (Å²) in [7, 11) is 0. The lowest BCUT2D eigenvalue weighted by molar-refractivity contribution is 0.131. The Bertz CT molecular complexity index is 305. The first-order valence-electron chi connectivity index (χ1n) is 5.30. The van der Waals surface area contributed by atoms with Gasteiger partial charge in [-0.1, -0.05) is 18.3 Å². The average molecular weight is 227 g/mol. The van der Waals surface area contributed by atoms with Crippen LogP contribution in [0, 0.1) is 0 Å². The highest BCUT2D eigenvalue weighted by Gasteiger charge is 2.16. The van der Waals surface area contributed by atoms with Crippen LogP contribution in [0.25, 0.3) is 0 Å². The second-order valence-electron chi connectivity index (χ2n) is 3.74. The van der Waals surface area contributed by atoms with E-state index >= 15 is 0 Å². The smallest absolute Gasteiger partial charge is 0.203 e. The molecular weight excluding hydrogens is 210 g/mol. The van der Waals surface area contributed by atoms with Crippen LogP contribution in [-0.2, 0) is 6.54 Å². The van der Waals surface area contributed by atoms with Crippen molar-refractivity contribution in [2.24, 2.45) is 0 Å². The Hall–Kier alpha value is -0.720. The molecule has 2 N–H and O–H groups in total. The fraction of sp³-hybridized carbons (Fsp3) is 0.778. The molecule has 15 heavy (non-hydrogen) atoms. The number of hydrogen-bond acceptors (Lipinski definition) is 6. The third-order valence-corrected chi connectivity index (χ3v) is 3.49. The summed E-state index contributed by atoms with van der Waals surface area (Å²) < 4.78 is 0. The van der Waals surface area contributed by atoms with Gasteiger partial charge in [0.25, 0.3) is 0 Å². The predicted molar refractivity (Wildman–Crippen MR) is 61.7 cm³/mol. The van der Waals surface area contributed by atoms with Crippen molar-refractivity contribution in [1.82, 2.24) is 20.0 Å². The zero-order valence-corrected chi connectivity index (χ0v) is 9.83. The van der Waals surface area contributed by atoms with Gasteiger partial charge in [0.1, 0.15) is 5.01 Å². The lowest BCUT2D eigenvalue weighted by atomic mass is 10.3. The molecule has 0 unspecified atom stereocenters. The van der Waals surface area contributed by atoms with Crippen LogP contribution in [0.2, 0.25) is 0 Å². The Morgan fingerprint density at radius 3 is 2.40 bits per heavy atom. The summed E-state index contributed by atoms with van der Waals surface area (Å²) in [5.74, 6) is 0. The highest BCUT2D eigenvalue weighted by atomic mass is 32.1. The van der Waals surface area contributed by atoms with Crippen LogP contribution >= 0.6 is 11.3 Å². The van der Waals surface area contributed by atoms with Gasteiger partial charge in [0.15, 0.2) is 0 Å². The Kier molecular flexibility index (Phi) is 3.50. The standard InChI is InChI=1S/C9H17N5S/c1-2-13-3-5-14(6-4-13)7-8-11-12-9(10)15-8/h2-7H2,1H3,(H2,10,12). The van der Waals surface area contributed by atoms with Crippen molar-refractivity contribution in [3.05, 3.63) is 5.01 Å². The molecule has 1 fully saturated rings. The second-order valence-corrected chi connectivity index (χ2v) is 4.84. The number of likely N-dealkylation sites (N-methyl/N-ethyl adjacent to an activating group) is 1. The number of rotatable bonds is 3. The van der Waals surface area contributed by atoms with E-state index in [1.54, 1.807) is 0 Å². The van der Waals surface area contributed by atoms with Crippen molar-refractivity contribution in [3.8, 4) is 0 Å². The maximum absolute atomic E-state index is 5.55. The van der Waals surface area contributed by atoms with Gasteiger partial charge in [-0.2, -0.15) is 0 Å². The van der Waals surface area contributed by atoms with Crippen LogP contribution in [0.4, 0.5) is 5.13 Å². The highest BCUT2D eigenvalue weighted by molar-refractivity contribution is 7.15. The summed E-state index contributed by atoms with van der Waals surface area (Å²) in [5, 5.41) is 9.45. The summed E-state index contributed by atoms with van der Waals surface area (Å²) in [5.41, 5.74) is 5.55. The van der Waals surface area contributed by atoms with Gasteiger partial charge in [-0.25, -0.2) is 0 Å². The molecule has 6 heteroatoms. The molecule has 0 bridgehead atoms. The van der Waals surface area contributed by atoms with E-state index in [4.69, 9.17) is 5.73 Å². The monoisotopic (exact) mass is 227 g/mol. The number of nitrogens with two attached hydrogens (primary N) is 1. The molecule has 0 radical (unpaired) electrons. The summed E-state index contributed by atoms with van der Waals surface area (Å²) in [6.07, 6.45) is 0. The lowest BCUT2D eigenvalue weighted by Gasteiger charge is -2.33. The normalized spacial score (nSPS) is 19.5. The summed E-state index contributed by atoms with van der Waals surface area (Å²) in [6, 6.07) is 0. The van der Waals surface area contributed by atoms with E-state index in [-0.39, 0.29) is 0 Å². The number of hydrogen-bond donors (Lipinski definition) is 1. The Morgan fingerprint density at radius 2 is 1.87 bits per heavy atom. The van der Waals surface area contributed by atoms with E-state index in [0.717, 1.165) is 44.3 Å². The van der Waals surface area contributed by atoms with Crippen LogP contribution in [0.1, 0.15) is 11.9 Å². The SMILES string of the molecule is CCN1CCN(Cc2nnc(N)s2)CC1. The Morgan fingerprint density at radius 1 is 1.20 bits per heavy atom. The van der Waals surface area contributed by atoms with Gasteiger partial charge in [-0.3, -0.25) is 4.90 Å². The van der Waals surface area contributed by atoms with E-state index in [0.29, 0.717) is 5.13 Å². The van der Waals surface area contributed by atoms with Crippen molar-refractivity contribution >= 4 is 16.5 Å². The number of nitrogen functional groups attached to an aromatic ring is 1. The molecule has 1 saturated heterocycles. The number of piperazine rings is 1. The minimum absolute atomic E-state index is 0.567. The molecule has 1 aromatic rings. The van der Waals surface area contributed by atoms with Crippen molar-refractivity contribution in [2.75, 3.05) is 38.5 Å². The molecule has 5 nitrogen and oxygen atoms in total. The van der Waals surface area contributed by atoms with Crippen LogP contribution in [0.5, 0.6) is 0 Å². The highest BCUT2D eigenvalue weighted by Crippen LogP contribution is 2.14. The summed E-state index contributed by atoms with van der Waals surface area (Å²) in [4.78, 5) is 4.87. The van der Waals surface area contributed by atoms with E-state index < -0.39 is 0 Å². The number of aromatic nitrogens is 2. The molecule has 0 spiro atoms.